The van der Waals surface area contributed by atoms with Crippen molar-refractivity contribution in [2.45, 2.75) is 18.3 Å². The third kappa shape index (κ3) is 1.46. The molecule has 0 N–H and O–H groups in total. The van der Waals surface area contributed by atoms with Gasteiger partial charge >= 0.3 is 0 Å². The first-order valence-electron chi connectivity index (χ1n) is 4.52. The molecule has 1 saturated carbocycles. The van der Waals surface area contributed by atoms with Crippen LogP contribution in [0.15, 0.2) is 22.7 Å². The molecule has 0 radical (unpaired) electrons. The minimum absolute atomic E-state index is 0.217. The molecule has 74 valence electrons. The molecule has 0 saturated heterocycles. The van der Waals surface area contributed by atoms with Crippen LogP contribution in [0.1, 0.15) is 18.4 Å². The minimum atomic E-state index is -0.217. The first-order chi connectivity index (χ1) is 6.72. The van der Waals surface area contributed by atoms with Gasteiger partial charge in [-0.05, 0) is 30.5 Å². The Labute approximate surface area is 91.4 Å². The zero-order valence-electron chi connectivity index (χ0n) is 7.92. The maximum atomic E-state index is 10.9. The fraction of sp³-hybridized carbons (Fsp3) is 0.364. The van der Waals surface area contributed by atoms with E-state index in [1.54, 1.807) is 7.11 Å². The monoisotopic (exact) mass is 254 g/mol. The molecule has 1 aliphatic rings. The van der Waals surface area contributed by atoms with Gasteiger partial charge in [-0.15, -0.1) is 0 Å². The molecule has 1 fully saturated rings. The van der Waals surface area contributed by atoms with Crippen molar-refractivity contribution in [3.63, 3.8) is 0 Å². The molecule has 3 heteroatoms. The first-order valence-corrected chi connectivity index (χ1v) is 5.31. The number of rotatable bonds is 3. The lowest BCUT2D eigenvalue weighted by atomic mass is 9.98. The molecule has 0 unspecified atom stereocenters. The van der Waals surface area contributed by atoms with Gasteiger partial charge in [0.25, 0.3) is 0 Å². The van der Waals surface area contributed by atoms with Gasteiger partial charge in [0.1, 0.15) is 12.0 Å². The Bertz CT molecular complexity index is 370. The second-order valence-corrected chi connectivity index (χ2v) is 4.47. The molecule has 0 spiro atoms. The van der Waals surface area contributed by atoms with Gasteiger partial charge < -0.3 is 9.53 Å². The molecule has 1 aromatic carbocycles. The van der Waals surface area contributed by atoms with E-state index in [0.29, 0.717) is 0 Å². The summed E-state index contributed by atoms with van der Waals surface area (Å²) in [7, 11) is 1.63. The zero-order chi connectivity index (χ0) is 10.2. The largest absolute Gasteiger partial charge is 0.497 e. The molecule has 0 heterocycles. The number of carbonyl (C=O) groups is 1. The van der Waals surface area contributed by atoms with Gasteiger partial charge in [-0.25, -0.2) is 0 Å². The predicted octanol–water partition coefficient (Wildman–Crippen LogP) is 2.69. The molecule has 2 rings (SSSR count). The summed E-state index contributed by atoms with van der Waals surface area (Å²) in [5.74, 6) is 0.808. The van der Waals surface area contributed by atoms with Crippen molar-refractivity contribution in [1.82, 2.24) is 0 Å². The Morgan fingerprint density at radius 3 is 2.64 bits per heavy atom. The van der Waals surface area contributed by atoms with E-state index in [2.05, 4.69) is 15.9 Å². The Morgan fingerprint density at radius 2 is 2.21 bits per heavy atom. The second kappa shape index (κ2) is 3.39. The second-order valence-electron chi connectivity index (χ2n) is 3.62. The average Bonchev–Trinajstić information content (AvgIpc) is 2.98. The van der Waals surface area contributed by atoms with Crippen molar-refractivity contribution in [3.8, 4) is 5.75 Å². The van der Waals surface area contributed by atoms with Gasteiger partial charge in [0.05, 0.1) is 12.5 Å². The van der Waals surface area contributed by atoms with Gasteiger partial charge in [0.15, 0.2) is 0 Å². The lowest BCUT2D eigenvalue weighted by Crippen LogP contribution is -2.08. The highest BCUT2D eigenvalue weighted by Crippen LogP contribution is 2.49. The smallest absolute Gasteiger partial charge is 0.130 e. The summed E-state index contributed by atoms with van der Waals surface area (Å²) in [6, 6.07) is 5.76. The Kier molecular flexibility index (Phi) is 2.35. The predicted molar refractivity (Wildman–Crippen MR) is 57.7 cm³/mol. The SMILES string of the molecule is COc1ccc(C2(C=O)CC2)c(Br)c1. The number of benzene rings is 1. The summed E-state index contributed by atoms with van der Waals surface area (Å²) < 4.78 is 6.06. The van der Waals surface area contributed by atoms with E-state index in [0.717, 1.165) is 34.9 Å². The molecule has 0 aromatic heterocycles. The molecule has 0 bridgehead atoms. The maximum Gasteiger partial charge on any atom is 0.130 e. The molecule has 0 atom stereocenters. The van der Waals surface area contributed by atoms with E-state index < -0.39 is 0 Å². The molecule has 0 aliphatic heterocycles. The van der Waals surface area contributed by atoms with Crippen LogP contribution in [0.2, 0.25) is 0 Å². The molecular weight excluding hydrogens is 244 g/mol. The van der Waals surface area contributed by atoms with E-state index in [1.165, 1.54) is 0 Å². The van der Waals surface area contributed by atoms with Crippen LogP contribution in [0.5, 0.6) is 5.75 Å². The van der Waals surface area contributed by atoms with E-state index >= 15 is 0 Å². The zero-order valence-corrected chi connectivity index (χ0v) is 9.50. The molecule has 1 aromatic rings. The molecule has 1 aliphatic carbocycles. The van der Waals surface area contributed by atoms with E-state index in [-0.39, 0.29) is 5.41 Å². The summed E-state index contributed by atoms with van der Waals surface area (Å²) in [5.41, 5.74) is 0.860. The van der Waals surface area contributed by atoms with Gasteiger partial charge in [-0.3, -0.25) is 0 Å². The summed E-state index contributed by atoms with van der Waals surface area (Å²) in [6.07, 6.45) is 2.97. The topological polar surface area (TPSA) is 26.3 Å². The van der Waals surface area contributed by atoms with Crippen LogP contribution in [0, 0.1) is 0 Å². The highest BCUT2D eigenvalue weighted by molar-refractivity contribution is 9.10. The lowest BCUT2D eigenvalue weighted by molar-refractivity contribution is -0.109. The standard InChI is InChI=1S/C11H11BrO2/c1-14-8-2-3-9(10(12)6-8)11(7-13)4-5-11/h2-3,6-7H,4-5H2,1H3. The maximum absolute atomic E-state index is 10.9. The van der Waals surface area contributed by atoms with Crippen LogP contribution >= 0.6 is 15.9 Å². The summed E-state index contributed by atoms with van der Waals surface area (Å²) >= 11 is 3.47. The molecule has 2 nitrogen and oxygen atoms in total. The highest BCUT2D eigenvalue weighted by Gasteiger charge is 2.45. The van der Waals surface area contributed by atoms with Gasteiger partial charge in [0.2, 0.25) is 0 Å². The first kappa shape index (κ1) is 9.71. The van der Waals surface area contributed by atoms with Crippen LogP contribution in [0.4, 0.5) is 0 Å². The van der Waals surface area contributed by atoms with Crippen molar-refractivity contribution in [2.75, 3.05) is 7.11 Å². The summed E-state index contributed by atoms with van der Waals surface area (Å²) in [5, 5.41) is 0. The number of carbonyl (C=O) groups excluding carboxylic acids is 1. The van der Waals surface area contributed by atoms with Crippen LogP contribution in [0.3, 0.4) is 0 Å². The van der Waals surface area contributed by atoms with Crippen molar-refractivity contribution in [3.05, 3.63) is 28.2 Å². The summed E-state index contributed by atoms with van der Waals surface area (Å²) in [6.45, 7) is 0. The van der Waals surface area contributed by atoms with E-state index in [9.17, 15) is 4.79 Å². The Balaban J connectivity index is 2.40. The Morgan fingerprint density at radius 1 is 1.50 bits per heavy atom. The van der Waals surface area contributed by atoms with Crippen molar-refractivity contribution in [2.24, 2.45) is 0 Å². The number of hydrogen-bond donors (Lipinski definition) is 0. The number of halogens is 1. The van der Waals surface area contributed by atoms with Crippen molar-refractivity contribution >= 4 is 22.2 Å². The van der Waals surface area contributed by atoms with Crippen molar-refractivity contribution < 1.29 is 9.53 Å². The third-order valence-corrected chi connectivity index (χ3v) is 3.38. The highest BCUT2D eigenvalue weighted by atomic mass is 79.9. The van der Waals surface area contributed by atoms with Gasteiger partial charge in [-0.1, -0.05) is 22.0 Å². The van der Waals surface area contributed by atoms with Crippen LogP contribution in [-0.4, -0.2) is 13.4 Å². The van der Waals surface area contributed by atoms with Gasteiger partial charge in [-0.2, -0.15) is 0 Å². The molecular formula is C11H11BrO2. The fourth-order valence-corrected chi connectivity index (χ4v) is 2.36. The van der Waals surface area contributed by atoms with E-state index in [1.807, 2.05) is 18.2 Å². The Hall–Kier alpha value is -0.830. The lowest BCUT2D eigenvalue weighted by Gasteiger charge is -2.11. The fourth-order valence-electron chi connectivity index (χ4n) is 1.61. The van der Waals surface area contributed by atoms with Crippen LogP contribution in [0.25, 0.3) is 0 Å². The number of ether oxygens (including phenoxy) is 1. The summed E-state index contributed by atoms with van der Waals surface area (Å²) in [4.78, 5) is 10.9. The van der Waals surface area contributed by atoms with Crippen molar-refractivity contribution in [1.29, 1.82) is 0 Å². The normalized spacial score (nSPS) is 17.6. The van der Waals surface area contributed by atoms with Gasteiger partial charge in [0, 0.05) is 4.47 Å². The van der Waals surface area contributed by atoms with Crippen LogP contribution < -0.4 is 4.74 Å². The average molecular weight is 255 g/mol. The molecule has 0 amide bonds. The number of aldehydes is 1. The molecule has 14 heavy (non-hydrogen) atoms. The minimum Gasteiger partial charge on any atom is -0.497 e. The van der Waals surface area contributed by atoms with E-state index in [4.69, 9.17) is 4.74 Å². The third-order valence-electron chi connectivity index (χ3n) is 2.73. The number of methoxy groups -OCH3 is 1. The quantitative estimate of drug-likeness (QED) is 0.776. The number of hydrogen-bond acceptors (Lipinski definition) is 2. The van der Waals surface area contributed by atoms with Crippen LogP contribution in [-0.2, 0) is 10.2 Å².